The Hall–Kier alpha value is -2.42. The van der Waals surface area contributed by atoms with Gasteiger partial charge in [0.2, 0.25) is 11.8 Å². The number of aromatic hydroxyl groups is 1. The number of nitrogens with zero attached hydrogens (tertiary/aromatic N) is 1. The fourth-order valence-corrected chi connectivity index (χ4v) is 6.33. The third kappa shape index (κ3) is 3.60. The topological polar surface area (TPSA) is 87.1 Å². The highest BCUT2D eigenvalue weighted by atomic mass is 32.1. The lowest BCUT2D eigenvalue weighted by Gasteiger charge is -2.42. The average molecular weight is 451 g/mol. The molecule has 0 bridgehead atoms. The van der Waals surface area contributed by atoms with Crippen LogP contribution in [-0.2, 0) is 20.8 Å². The summed E-state index contributed by atoms with van der Waals surface area (Å²) < 4.78 is 5.99. The zero-order chi connectivity index (χ0) is 22.4. The fraction of sp³-hybridized carbons (Fsp3) is 0.417. The molecule has 2 aromatic rings. The summed E-state index contributed by atoms with van der Waals surface area (Å²) in [5, 5.41) is 22.6. The highest BCUT2D eigenvalue weighted by Gasteiger charge is 2.57. The second-order valence-corrected chi connectivity index (χ2v) is 9.93. The van der Waals surface area contributed by atoms with Gasteiger partial charge in [-0.2, -0.15) is 0 Å². The molecular weight excluding hydrogens is 425 g/mol. The van der Waals surface area contributed by atoms with Gasteiger partial charge < -0.3 is 14.8 Å². The molecule has 0 radical (unpaired) electrons. The van der Waals surface area contributed by atoms with E-state index in [0.29, 0.717) is 19.4 Å². The molecule has 166 valence electrons. The van der Waals surface area contributed by atoms with Crippen molar-refractivity contribution in [1.82, 2.24) is 4.90 Å². The standard InChI is InChI=1S/C24H26BNO5S/c1-2-4-15-11-19-21(24(29)26(23(19)28)13-17-5-3-10-32-17)18-12-20(31-25(30)22(15)18)14-6-8-16(27)9-7-14/h3,5-10,18-21,27,30H,2,4,11-13H2,1H3/t18-,19-,20-,21+/m0/s1. The number of imide groups is 1. The Morgan fingerprint density at radius 2 is 1.94 bits per heavy atom. The highest BCUT2D eigenvalue weighted by Crippen LogP contribution is 2.52. The van der Waals surface area contributed by atoms with E-state index in [1.54, 1.807) is 35.6 Å². The molecule has 5 rings (SSSR count). The smallest absolute Gasteiger partial charge is 0.487 e. The Balaban J connectivity index is 1.50. The van der Waals surface area contributed by atoms with Crippen molar-refractivity contribution >= 4 is 30.3 Å². The summed E-state index contributed by atoms with van der Waals surface area (Å²) in [6, 6.07) is 10.6. The first-order valence-corrected chi connectivity index (χ1v) is 12.1. The number of hydrogen-bond donors (Lipinski definition) is 2. The third-order valence-corrected chi connectivity index (χ3v) is 7.87. The maximum absolute atomic E-state index is 13.5. The zero-order valence-electron chi connectivity index (χ0n) is 17.9. The number of rotatable bonds is 5. The molecule has 1 aromatic carbocycles. The Morgan fingerprint density at radius 1 is 1.16 bits per heavy atom. The number of thiophene rings is 1. The molecule has 2 aliphatic heterocycles. The number of likely N-dealkylation sites (tertiary alicyclic amines) is 1. The Kier molecular flexibility index (Phi) is 5.69. The molecule has 0 saturated carbocycles. The predicted octanol–water partition coefficient (Wildman–Crippen LogP) is 3.85. The molecule has 3 aliphatic rings. The van der Waals surface area contributed by atoms with E-state index in [0.717, 1.165) is 34.3 Å². The minimum absolute atomic E-state index is 0.0942. The summed E-state index contributed by atoms with van der Waals surface area (Å²) in [6.07, 6.45) is 2.32. The quantitative estimate of drug-likeness (QED) is 0.533. The molecule has 6 nitrogen and oxygen atoms in total. The van der Waals surface area contributed by atoms with E-state index < -0.39 is 19.1 Å². The number of benzene rings is 1. The summed E-state index contributed by atoms with van der Waals surface area (Å²) in [6.45, 7) is 2.39. The number of carbonyl (C=O) groups excluding carboxylic acids is 2. The van der Waals surface area contributed by atoms with Crippen LogP contribution in [0.1, 0.15) is 49.2 Å². The molecule has 4 atom stereocenters. The Labute approximate surface area is 191 Å². The van der Waals surface area contributed by atoms with Gasteiger partial charge in [-0.1, -0.05) is 37.1 Å². The summed E-state index contributed by atoms with van der Waals surface area (Å²) in [5.74, 6) is -1.13. The first-order valence-electron chi connectivity index (χ1n) is 11.2. The van der Waals surface area contributed by atoms with Crippen molar-refractivity contribution in [2.75, 3.05) is 0 Å². The number of amides is 2. The summed E-state index contributed by atoms with van der Waals surface area (Å²) >= 11 is 1.54. The van der Waals surface area contributed by atoms with Gasteiger partial charge in [0, 0.05) is 4.88 Å². The first kappa shape index (κ1) is 21.4. The van der Waals surface area contributed by atoms with Crippen LogP contribution in [0.5, 0.6) is 5.75 Å². The summed E-state index contributed by atoms with van der Waals surface area (Å²) in [4.78, 5) is 29.3. The molecule has 2 N–H and O–H groups in total. The SMILES string of the molecule is CCCC1=C2B(O)O[C@H](c3ccc(O)cc3)C[C@H]2[C@H]2C(=O)N(Cc3cccs3)C(=O)[C@H]2C1. The molecule has 1 aliphatic carbocycles. The van der Waals surface area contributed by atoms with Crippen molar-refractivity contribution in [1.29, 1.82) is 0 Å². The third-order valence-electron chi connectivity index (χ3n) is 7.01. The average Bonchev–Trinajstić information content (AvgIpc) is 3.37. The Bertz CT molecular complexity index is 1050. The predicted molar refractivity (Wildman–Crippen MR) is 121 cm³/mol. The van der Waals surface area contributed by atoms with E-state index in [4.69, 9.17) is 4.65 Å². The fourth-order valence-electron chi connectivity index (χ4n) is 5.63. The van der Waals surface area contributed by atoms with Crippen molar-refractivity contribution < 1.29 is 24.4 Å². The van der Waals surface area contributed by atoms with Crippen molar-refractivity contribution in [2.24, 2.45) is 17.8 Å². The molecule has 3 heterocycles. The summed E-state index contributed by atoms with van der Waals surface area (Å²) in [5.41, 5.74) is 2.71. The molecule has 32 heavy (non-hydrogen) atoms. The first-order chi connectivity index (χ1) is 15.5. The lowest BCUT2D eigenvalue weighted by Crippen LogP contribution is -2.44. The van der Waals surface area contributed by atoms with Gasteiger partial charge in [0.25, 0.3) is 0 Å². The van der Waals surface area contributed by atoms with Gasteiger partial charge in [-0.15, -0.1) is 11.3 Å². The normalized spacial score (nSPS) is 27.7. The minimum atomic E-state index is -1.09. The van der Waals surface area contributed by atoms with Gasteiger partial charge in [-0.05, 0) is 59.8 Å². The summed E-state index contributed by atoms with van der Waals surface area (Å²) in [7, 11) is -1.09. The highest BCUT2D eigenvalue weighted by molar-refractivity contribution is 7.09. The van der Waals surface area contributed by atoms with Crippen LogP contribution in [-0.4, -0.2) is 34.0 Å². The van der Waals surface area contributed by atoms with Crippen LogP contribution in [0.4, 0.5) is 0 Å². The van der Waals surface area contributed by atoms with E-state index in [9.17, 15) is 19.7 Å². The van der Waals surface area contributed by atoms with Gasteiger partial charge in [0.05, 0.1) is 24.5 Å². The molecule has 2 fully saturated rings. The number of carbonyl (C=O) groups is 2. The largest absolute Gasteiger partial charge is 0.508 e. The minimum Gasteiger partial charge on any atom is -0.508 e. The van der Waals surface area contributed by atoms with Gasteiger partial charge in [0.1, 0.15) is 5.75 Å². The Morgan fingerprint density at radius 3 is 2.62 bits per heavy atom. The molecule has 1 aromatic heterocycles. The molecular formula is C24H26BNO5S. The number of fused-ring (bicyclic) bond motifs is 3. The number of phenolic OH excluding ortho intramolecular Hbond substituents is 1. The number of hydrogen-bond acceptors (Lipinski definition) is 6. The van der Waals surface area contributed by atoms with Gasteiger partial charge in [-0.25, -0.2) is 0 Å². The molecule has 0 spiro atoms. The van der Waals surface area contributed by atoms with Crippen LogP contribution < -0.4 is 0 Å². The maximum Gasteiger partial charge on any atom is 0.487 e. The number of allylic oxidation sites excluding steroid dienone is 2. The molecule has 0 unspecified atom stereocenters. The molecule has 2 amide bonds. The van der Waals surface area contributed by atoms with Crippen LogP contribution in [0.25, 0.3) is 0 Å². The molecule has 2 saturated heterocycles. The van der Waals surface area contributed by atoms with Crippen LogP contribution in [0.3, 0.4) is 0 Å². The van der Waals surface area contributed by atoms with Gasteiger partial charge in [-0.3, -0.25) is 14.5 Å². The second kappa shape index (κ2) is 8.50. The van der Waals surface area contributed by atoms with Crippen LogP contribution in [0.2, 0.25) is 0 Å². The zero-order valence-corrected chi connectivity index (χ0v) is 18.8. The van der Waals surface area contributed by atoms with Gasteiger partial charge in [0.15, 0.2) is 0 Å². The van der Waals surface area contributed by atoms with Crippen LogP contribution >= 0.6 is 11.3 Å². The van der Waals surface area contributed by atoms with E-state index in [1.165, 1.54) is 4.90 Å². The number of phenols is 1. The lowest BCUT2D eigenvalue weighted by atomic mass is 9.54. The van der Waals surface area contributed by atoms with Crippen LogP contribution in [0.15, 0.2) is 52.8 Å². The van der Waals surface area contributed by atoms with E-state index in [-0.39, 0.29) is 29.4 Å². The van der Waals surface area contributed by atoms with Gasteiger partial charge >= 0.3 is 7.12 Å². The lowest BCUT2D eigenvalue weighted by molar-refractivity contribution is -0.140. The van der Waals surface area contributed by atoms with E-state index >= 15 is 0 Å². The van der Waals surface area contributed by atoms with Crippen molar-refractivity contribution in [3.63, 3.8) is 0 Å². The monoisotopic (exact) mass is 451 g/mol. The molecule has 8 heteroatoms. The maximum atomic E-state index is 13.5. The van der Waals surface area contributed by atoms with Crippen molar-refractivity contribution in [3.8, 4) is 5.75 Å². The van der Waals surface area contributed by atoms with Crippen LogP contribution in [0, 0.1) is 17.8 Å². The van der Waals surface area contributed by atoms with Crippen molar-refractivity contribution in [3.05, 3.63) is 63.3 Å². The van der Waals surface area contributed by atoms with Crippen molar-refractivity contribution in [2.45, 2.75) is 45.3 Å². The second-order valence-electron chi connectivity index (χ2n) is 8.90. The van der Waals surface area contributed by atoms with E-state index in [1.807, 2.05) is 17.5 Å². The van der Waals surface area contributed by atoms with E-state index in [2.05, 4.69) is 6.92 Å².